The Morgan fingerprint density at radius 1 is 1.13 bits per heavy atom. The van der Waals surface area contributed by atoms with Crippen molar-refractivity contribution in [1.29, 1.82) is 0 Å². The lowest BCUT2D eigenvalue weighted by Gasteiger charge is -2.21. The maximum Gasteiger partial charge on any atom is 0.251 e. The fraction of sp³-hybridized carbons (Fsp3) is 0.0500. The molecule has 1 amide bonds. The lowest BCUT2D eigenvalue weighted by molar-refractivity contribution is 0.0950. The highest BCUT2D eigenvalue weighted by atomic mass is 79.9. The topological polar surface area (TPSA) is 95.9 Å². The monoisotopic (exact) mass is 528 g/mol. The van der Waals surface area contributed by atoms with Crippen molar-refractivity contribution in [3.8, 4) is 16.9 Å². The van der Waals surface area contributed by atoms with Gasteiger partial charge in [0.15, 0.2) is 17.3 Å². The first-order valence-corrected chi connectivity index (χ1v) is 10.9. The Bertz CT molecular complexity index is 1230. The second-order valence-corrected chi connectivity index (χ2v) is 9.17. The number of hydrogen-bond donors (Lipinski definition) is 3. The minimum absolute atomic E-state index is 0.0227. The van der Waals surface area contributed by atoms with Gasteiger partial charge in [0.25, 0.3) is 5.91 Å². The molecular weight excluding hydrogens is 518 g/mol. The molecule has 0 aromatic heterocycles. The second kappa shape index (κ2) is 8.29. The number of benzene rings is 3. The van der Waals surface area contributed by atoms with Crippen LogP contribution in [0.25, 0.3) is 11.1 Å². The summed E-state index contributed by atoms with van der Waals surface area (Å²) >= 11 is 6.57. The van der Waals surface area contributed by atoms with Crippen molar-refractivity contribution < 1.29 is 28.4 Å². The molecule has 0 spiro atoms. The molecule has 31 heavy (non-hydrogen) atoms. The van der Waals surface area contributed by atoms with Gasteiger partial charge in [-0.1, -0.05) is 22.1 Å². The molecular formula is C20H12BrClF2N2O4S. The summed E-state index contributed by atoms with van der Waals surface area (Å²) in [5, 5.41) is 23.7. The summed E-state index contributed by atoms with van der Waals surface area (Å²) in [6.07, 6.45) is 0. The van der Waals surface area contributed by atoms with E-state index in [9.17, 15) is 28.4 Å². The lowest BCUT2D eigenvalue weighted by Crippen LogP contribution is -2.29. The molecule has 4 bridgehead atoms. The van der Waals surface area contributed by atoms with E-state index in [4.69, 9.17) is 11.6 Å². The van der Waals surface area contributed by atoms with Crippen molar-refractivity contribution in [2.75, 3.05) is 4.47 Å². The van der Waals surface area contributed by atoms with Crippen LogP contribution in [-0.4, -0.2) is 20.8 Å². The third kappa shape index (κ3) is 3.97. The molecule has 1 unspecified atom stereocenters. The number of phenols is 1. The average molecular weight is 530 g/mol. The fourth-order valence-electron chi connectivity index (χ4n) is 3.14. The molecule has 1 aliphatic heterocycles. The molecule has 11 heteroatoms. The number of phenolic OH excluding ortho intramolecular Hbond substituents is 1. The summed E-state index contributed by atoms with van der Waals surface area (Å²) < 4.78 is 42.2. The van der Waals surface area contributed by atoms with Gasteiger partial charge in [0.05, 0.1) is 4.47 Å². The number of carbonyl (C=O) groups excluding carboxylic acids is 1. The predicted molar refractivity (Wildman–Crippen MR) is 114 cm³/mol. The number of amides is 1. The quantitative estimate of drug-likeness (QED) is 0.360. The Labute approximate surface area is 191 Å². The predicted octanol–water partition coefficient (Wildman–Crippen LogP) is 4.92. The third-order valence-electron chi connectivity index (χ3n) is 4.68. The van der Waals surface area contributed by atoms with E-state index in [0.29, 0.717) is 11.6 Å². The number of anilines is 1. The Morgan fingerprint density at radius 2 is 1.87 bits per heavy atom. The summed E-state index contributed by atoms with van der Waals surface area (Å²) in [4.78, 5) is 12.3. The molecule has 3 N–H and O–H groups in total. The molecule has 1 aliphatic rings. The Kier molecular flexibility index (Phi) is 5.84. The molecule has 3 aromatic carbocycles. The summed E-state index contributed by atoms with van der Waals surface area (Å²) in [6, 6.07) is 8.49. The zero-order valence-electron chi connectivity index (χ0n) is 15.3. The van der Waals surface area contributed by atoms with E-state index in [1.165, 1.54) is 12.1 Å². The Hall–Kier alpha value is -2.37. The van der Waals surface area contributed by atoms with Crippen molar-refractivity contribution in [2.45, 2.75) is 11.4 Å². The average Bonchev–Trinajstić information content (AvgIpc) is 2.73. The number of carbonyl (C=O) groups is 1. The lowest BCUT2D eigenvalue weighted by atomic mass is 9.98. The molecule has 0 fully saturated rings. The van der Waals surface area contributed by atoms with Gasteiger partial charge < -0.3 is 15.0 Å². The van der Waals surface area contributed by atoms with E-state index < -0.39 is 40.3 Å². The first-order valence-electron chi connectivity index (χ1n) is 8.67. The fourth-order valence-corrected chi connectivity index (χ4v) is 4.91. The normalized spacial score (nSPS) is 16.0. The van der Waals surface area contributed by atoms with Crippen molar-refractivity contribution in [3.63, 3.8) is 0 Å². The second-order valence-electron chi connectivity index (χ2n) is 6.59. The SMILES string of the molecule is O=C1NCc2ccc(Cl)cc2-c2cc(c(F)cc2F)N(O)[S+]([O-])c2cc1cc(Br)c2O. The summed E-state index contributed by atoms with van der Waals surface area (Å²) in [6.45, 7) is -0.0305. The van der Waals surface area contributed by atoms with E-state index in [0.717, 1.165) is 12.1 Å². The van der Waals surface area contributed by atoms with Crippen molar-refractivity contribution >= 4 is 50.5 Å². The first-order chi connectivity index (χ1) is 14.7. The maximum atomic E-state index is 14.7. The Morgan fingerprint density at radius 3 is 2.61 bits per heavy atom. The number of aromatic hydroxyl groups is 1. The summed E-state index contributed by atoms with van der Waals surface area (Å²) in [7, 11) is 0. The number of fused-ring (bicyclic) bond motifs is 6. The molecule has 3 aromatic rings. The molecule has 1 atom stereocenters. The van der Waals surface area contributed by atoms with Crippen LogP contribution in [0.2, 0.25) is 5.02 Å². The van der Waals surface area contributed by atoms with Gasteiger partial charge in [-0.05, 0) is 51.3 Å². The largest absolute Gasteiger partial charge is 0.586 e. The van der Waals surface area contributed by atoms with E-state index in [2.05, 4.69) is 21.2 Å². The van der Waals surface area contributed by atoms with Gasteiger partial charge in [-0.3, -0.25) is 4.79 Å². The standard InChI is InChI=1S/C20H12BrClF2N2O4S/c21-14-3-10-4-18(19(14)27)31(30)26(29)17-6-13(15(23)7-16(17)24)12-5-11(22)2-1-9(12)8-25-20(10)28/h1-7,27,29H,8H2,(H,25,28). The maximum absolute atomic E-state index is 14.7. The van der Waals surface area contributed by atoms with E-state index in [1.54, 1.807) is 12.1 Å². The van der Waals surface area contributed by atoms with Crippen LogP contribution in [0.15, 0.2) is 51.8 Å². The van der Waals surface area contributed by atoms with E-state index >= 15 is 0 Å². The van der Waals surface area contributed by atoms with Crippen LogP contribution in [0, 0.1) is 11.6 Å². The number of nitrogens with zero attached hydrogens (tertiary/aromatic N) is 1. The van der Waals surface area contributed by atoms with Gasteiger partial charge in [-0.25, -0.2) is 14.0 Å². The van der Waals surface area contributed by atoms with Crippen molar-refractivity contribution in [3.05, 3.63) is 74.7 Å². The molecule has 0 radical (unpaired) electrons. The van der Waals surface area contributed by atoms with Gasteiger partial charge in [0.1, 0.15) is 17.2 Å². The highest BCUT2D eigenvalue weighted by Gasteiger charge is 2.32. The summed E-state index contributed by atoms with van der Waals surface area (Å²) in [5.41, 5.74) is 0.0167. The van der Waals surface area contributed by atoms with Crippen molar-refractivity contribution in [2.24, 2.45) is 0 Å². The summed E-state index contributed by atoms with van der Waals surface area (Å²) in [5.74, 6) is -3.22. The van der Waals surface area contributed by atoms with E-state index in [-0.39, 0.29) is 42.1 Å². The number of halogens is 4. The minimum atomic E-state index is -2.56. The van der Waals surface area contributed by atoms with Crippen LogP contribution in [0.5, 0.6) is 5.75 Å². The van der Waals surface area contributed by atoms with Crippen LogP contribution in [0.1, 0.15) is 15.9 Å². The smallest absolute Gasteiger partial charge is 0.251 e. The van der Waals surface area contributed by atoms with Crippen LogP contribution >= 0.6 is 27.5 Å². The molecule has 4 rings (SSSR count). The molecule has 6 nitrogen and oxygen atoms in total. The highest BCUT2D eigenvalue weighted by molar-refractivity contribution is 9.10. The minimum Gasteiger partial charge on any atom is -0.586 e. The van der Waals surface area contributed by atoms with Gasteiger partial charge in [0, 0.05) is 34.8 Å². The Balaban J connectivity index is 2.00. The molecule has 0 saturated heterocycles. The zero-order valence-corrected chi connectivity index (χ0v) is 18.5. The highest BCUT2D eigenvalue weighted by Crippen LogP contribution is 2.39. The van der Waals surface area contributed by atoms with Gasteiger partial charge >= 0.3 is 0 Å². The van der Waals surface area contributed by atoms with E-state index in [1.807, 2.05) is 0 Å². The van der Waals surface area contributed by atoms with Gasteiger partial charge in [-0.2, -0.15) is 0 Å². The zero-order chi connectivity index (χ0) is 22.4. The van der Waals surface area contributed by atoms with Crippen LogP contribution in [0.4, 0.5) is 14.5 Å². The number of hydrogen-bond acceptors (Lipinski definition) is 5. The van der Waals surface area contributed by atoms with Crippen LogP contribution in [0.3, 0.4) is 0 Å². The van der Waals surface area contributed by atoms with Gasteiger partial charge in [0.2, 0.25) is 4.90 Å². The molecule has 1 heterocycles. The number of nitrogens with one attached hydrogen (secondary N) is 1. The van der Waals surface area contributed by atoms with Crippen LogP contribution in [-0.2, 0) is 17.9 Å². The van der Waals surface area contributed by atoms with Crippen molar-refractivity contribution in [1.82, 2.24) is 5.32 Å². The third-order valence-corrected chi connectivity index (χ3v) is 6.72. The molecule has 0 aliphatic carbocycles. The number of rotatable bonds is 0. The first kappa shape index (κ1) is 21.8. The molecule has 0 saturated carbocycles. The van der Waals surface area contributed by atoms with Crippen LogP contribution < -0.4 is 9.79 Å². The van der Waals surface area contributed by atoms with Gasteiger partial charge in [-0.15, -0.1) is 0 Å². The molecule has 160 valence electrons.